The molecule has 0 bridgehead atoms. The van der Waals surface area contributed by atoms with Gasteiger partial charge in [-0.15, -0.1) is 0 Å². The number of hydrogen-bond acceptors (Lipinski definition) is 3. The van der Waals surface area contributed by atoms with Crippen LogP contribution in [0.2, 0.25) is 0 Å². The van der Waals surface area contributed by atoms with Gasteiger partial charge in [-0.3, -0.25) is 4.90 Å². The monoisotopic (exact) mass is 147 g/mol. The molecule has 0 saturated heterocycles. The Bertz CT molecular complexity index is 105. The van der Waals surface area contributed by atoms with E-state index >= 15 is 0 Å². The van der Waals surface area contributed by atoms with Crippen molar-refractivity contribution in [1.82, 2.24) is 15.5 Å². The second kappa shape index (κ2) is 5.01. The zero-order chi connectivity index (χ0) is 7.98. The Kier molecular flexibility index (Phi) is 4.61. The summed E-state index contributed by atoms with van der Waals surface area (Å²) >= 11 is 0. The first-order valence-electron chi connectivity index (χ1n) is 2.94. The number of hydrogen-bond donors (Lipinski definition) is 3. The maximum Gasteiger partial charge on any atom is 0.317 e. The van der Waals surface area contributed by atoms with Crippen LogP contribution >= 0.6 is 0 Å². The van der Waals surface area contributed by atoms with Crippen LogP contribution in [-0.4, -0.2) is 43.5 Å². The number of urea groups is 1. The van der Waals surface area contributed by atoms with Gasteiger partial charge in [0.25, 0.3) is 0 Å². The number of carbonyl (C=O) groups excluding carboxylic acids is 1. The van der Waals surface area contributed by atoms with Gasteiger partial charge in [0, 0.05) is 0 Å². The Morgan fingerprint density at radius 1 is 1.50 bits per heavy atom. The predicted octanol–water partition coefficient (Wildman–Crippen LogP) is -1.25. The zero-order valence-electron chi connectivity index (χ0n) is 6.22. The molecule has 0 saturated carbocycles. The van der Waals surface area contributed by atoms with Crippen LogP contribution in [0.1, 0.15) is 0 Å². The van der Waals surface area contributed by atoms with Crippen LogP contribution < -0.4 is 10.6 Å². The van der Waals surface area contributed by atoms with Gasteiger partial charge in [-0.1, -0.05) is 0 Å². The highest BCUT2D eigenvalue weighted by Gasteiger charge is 1.95. The Morgan fingerprint density at radius 2 is 2.10 bits per heavy atom. The molecule has 5 nitrogen and oxygen atoms in total. The fourth-order valence-electron chi connectivity index (χ4n) is 0.364. The van der Waals surface area contributed by atoms with Gasteiger partial charge in [0.2, 0.25) is 0 Å². The molecule has 0 spiro atoms. The van der Waals surface area contributed by atoms with Gasteiger partial charge < -0.3 is 15.7 Å². The molecule has 0 aromatic rings. The second-order valence-corrected chi connectivity index (χ2v) is 2.08. The van der Waals surface area contributed by atoms with Crippen LogP contribution in [0, 0.1) is 0 Å². The molecule has 2 amide bonds. The van der Waals surface area contributed by atoms with Crippen LogP contribution in [0.15, 0.2) is 0 Å². The minimum Gasteiger partial charge on any atom is -0.376 e. The van der Waals surface area contributed by atoms with E-state index in [0.717, 1.165) is 0 Å². The van der Waals surface area contributed by atoms with Crippen molar-refractivity contribution < 1.29 is 9.90 Å². The van der Waals surface area contributed by atoms with E-state index in [1.165, 1.54) is 0 Å². The van der Waals surface area contributed by atoms with Crippen molar-refractivity contribution >= 4 is 6.03 Å². The summed E-state index contributed by atoms with van der Waals surface area (Å²) in [4.78, 5) is 12.3. The summed E-state index contributed by atoms with van der Waals surface area (Å²) in [6.45, 7) is 0.130. The molecule has 0 unspecified atom stereocenters. The lowest BCUT2D eigenvalue weighted by Gasteiger charge is -2.10. The number of aliphatic hydroxyl groups excluding tert-OH is 1. The molecule has 0 aliphatic carbocycles. The molecule has 3 N–H and O–H groups in total. The summed E-state index contributed by atoms with van der Waals surface area (Å²) in [5.74, 6) is 0. The zero-order valence-corrected chi connectivity index (χ0v) is 6.22. The van der Waals surface area contributed by atoms with Gasteiger partial charge in [0.05, 0.1) is 6.67 Å². The molecule has 0 radical (unpaired) electrons. The fraction of sp³-hybridized carbons (Fsp3) is 0.800. The van der Waals surface area contributed by atoms with Gasteiger partial charge in [-0.05, 0) is 14.1 Å². The number of rotatable bonds is 3. The largest absolute Gasteiger partial charge is 0.376 e. The molecular weight excluding hydrogens is 134 g/mol. The van der Waals surface area contributed by atoms with E-state index in [4.69, 9.17) is 5.11 Å². The van der Waals surface area contributed by atoms with E-state index in [9.17, 15) is 4.79 Å². The minimum atomic E-state index is -0.365. The van der Waals surface area contributed by atoms with Gasteiger partial charge in [-0.2, -0.15) is 0 Å². The van der Waals surface area contributed by atoms with E-state index in [-0.39, 0.29) is 12.8 Å². The van der Waals surface area contributed by atoms with Crippen molar-refractivity contribution in [2.45, 2.75) is 0 Å². The topological polar surface area (TPSA) is 64.6 Å². The molecule has 0 heterocycles. The number of nitrogens with one attached hydrogen (secondary N) is 2. The Labute approximate surface area is 60.0 Å². The molecule has 0 aromatic carbocycles. The quantitative estimate of drug-likeness (QED) is 0.437. The molecule has 0 aliphatic rings. The van der Waals surface area contributed by atoms with Crippen LogP contribution in [0.5, 0.6) is 0 Å². The first-order valence-corrected chi connectivity index (χ1v) is 2.94. The van der Waals surface area contributed by atoms with Crippen molar-refractivity contribution in [3.63, 3.8) is 0 Å². The first kappa shape index (κ1) is 9.19. The average molecular weight is 147 g/mol. The fourth-order valence-corrected chi connectivity index (χ4v) is 0.364. The highest BCUT2D eigenvalue weighted by atomic mass is 16.3. The molecule has 0 aromatic heterocycles. The normalized spacial score (nSPS) is 9.60. The van der Waals surface area contributed by atoms with Crippen molar-refractivity contribution in [3.8, 4) is 0 Å². The van der Waals surface area contributed by atoms with Crippen LogP contribution in [0.4, 0.5) is 4.79 Å². The second-order valence-electron chi connectivity index (χ2n) is 2.08. The van der Waals surface area contributed by atoms with Gasteiger partial charge >= 0.3 is 6.03 Å². The van der Waals surface area contributed by atoms with E-state index in [1.807, 2.05) is 14.1 Å². The van der Waals surface area contributed by atoms with Crippen LogP contribution in [0.3, 0.4) is 0 Å². The number of aliphatic hydroxyl groups is 1. The van der Waals surface area contributed by atoms with E-state index < -0.39 is 0 Å². The Morgan fingerprint density at radius 3 is 2.50 bits per heavy atom. The molecule has 0 rings (SSSR count). The summed E-state index contributed by atoms with van der Waals surface area (Å²) in [5.41, 5.74) is 0. The van der Waals surface area contributed by atoms with Crippen molar-refractivity contribution in [3.05, 3.63) is 0 Å². The lowest BCUT2D eigenvalue weighted by Crippen LogP contribution is -2.40. The van der Waals surface area contributed by atoms with E-state index in [1.54, 1.807) is 4.90 Å². The maximum atomic E-state index is 10.5. The first-order chi connectivity index (χ1) is 4.66. The number of nitrogens with zero attached hydrogens (tertiary/aromatic N) is 1. The summed E-state index contributed by atoms with van der Waals surface area (Å²) in [6.07, 6.45) is 0. The summed E-state index contributed by atoms with van der Waals surface area (Å²) in [6, 6.07) is -0.365. The Hall–Kier alpha value is -0.810. The third-order valence-electron chi connectivity index (χ3n) is 0.795. The standard InChI is InChI=1S/C5H13N3O2/c1-8(2)3-6-5(10)7-4-9/h9H,3-4H2,1-2H3,(H2,6,7,10). The summed E-state index contributed by atoms with van der Waals surface area (Å²) < 4.78 is 0. The smallest absolute Gasteiger partial charge is 0.317 e. The molecule has 10 heavy (non-hydrogen) atoms. The highest BCUT2D eigenvalue weighted by Crippen LogP contribution is 1.67. The van der Waals surface area contributed by atoms with Crippen molar-refractivity contribution in [2.75, 3.05) is 27.5 Å². The molecule has 5 heteroatoms. The van der Waals surface area contributed by atoms with Gasteiger partial charge in [0.15, 0.2) is 0 Å². The molecule has 0 aliphatic heterocycles. The lowest BCUT2D eigenvalue weighted by molar-refractivity contribution is 0.212. The number of amides is 2. The number of carbonyl (C=O) groups is 1. The molecular formula is C5H13N3O2. The lowest BCUT2D eigenvalue weighted by atomic mass is 10.8. The third kappa shape index (κ3) is 5.33. The van der Waals surface area contributed by atoms with E-state index in [0.29, 0.717) is 6.67 Å². The van der Waals surface area contributed by atoms with Gasteiger partial charge in [0.1, 0.15) is 6.73 Å². The van der Waals surface area contributed by atoms with Crippen LogP contribution in [0.25, 0.3) is 0 Å². The molecule has 60 valence electrons. The SMILES string of the molecule is CN(C)CNC(=O)NCO. The average Bonchev–Trinajstić information content (AvgIpc) is 1.85. The Balaban J connectivity index is 3.22. The van der Waals surface area contributed by atoms with Crippen molar-refractivity contribution in [1.29, 1.82) is 0 Å². The third-order valence-corrected chi connectivity index (χ3v) is 0.795. The minimum absolute atomic E-state index is 0.334. The maximum absolute atomic E-state index is 10.5. The van der Waals surface area contributed by atoms with E-state index in [2.05, 4.69) is 10.6 Å². The molecule has 0 atom stereocenters. The highest BCUT2D eigenvalue weighted by molar-refractivity contribution is 5.73. The van der Waals surface area contributed by atoms with Crippen LogP contribution in [-0.2, 0) is 0 Å². The predicted molar refractivity (Wildman–Crippen MR) is 37.3 cm³/mol. The summed E-state index contributed by atoms with van der Waals surface area (Å²) in [7, 11) is 3.67. The summed E-state index contributed by atoms with van der Waals surface area (Å²) in [5, 5.41) is 12.9. The molecule has 0 fully saturated rings. The van der Waals surface area contributed by atoms with Crippen molar-refractivity contribution in [2.24, 2.45) is 0 Å². The van der Waals surface area contributed by atoms with Gasteiger partial charge in [-0.25, -0.2) is 4.79 Å².